The average Bonchev–Trinajstić information content (AvgIpc) is 3.15. The van der Waals surface area contributed by atoms with Gasteiger partial charge in [0.15, 0.2) is 11.5 Å². The predicted octanol–water partition coefficient (Wildman–Crippen LogP) is 1.78. The highest BCUT2D eigenvalue weighted by molar-refractivity contribution is 5.96. The zero-order valence-corrected chi connectivity index (χ0v) is 17.0. The fraction of sp³-hybridized carbons (Fsp3) is 0.450. The summed E-state index contributed by atoms with van der Waals surface area (Å²) in [6.07, 6.45) is 0. The molecule has 2 amide bonds. The topological polar surface area (TPSA) is 96.7 Å². The molecule has 2 rings (SSSR count). The first-order valence-corrected chi connectivity index (χ1v) is 9.16. The lowest BCUT2D eigenvalue weighted by atomic mass is 10.0. The Kier molecular flexibility index (Phi) is 7.57. The van der Waals surface area contributed by atoms with Crippen molar-refractivity contribution in [1.29, 1.82) is 0 Å². The molecule has 152 valence electrons. The Balaban J connectivity index is 2.05. The van der Waals surface area contributed by atoms with Crippen LogP contribution in [0.4, 0.5) is 0 Å². The summed E-state index contributed by atoms with van der Waals surface area (Å²) >= 11 is 0. The van der Waals surface area contributed by atoms with Gasteiger partial charge in [0.05, 0.1) is 7.11 Å². The second-order valence-corrected chi connectivity index (χ2v) is 7.10. The molecule has 0 saturated heterocycles. The van der Waals surface area contributed by atoms with Gasteiger partial charge in [-0.15, -0.1) is 0 Å². The van der Waals surface area contributed by atoms with Crippen LogP contribution < -0.4 is 15.4 Å². The van der Waals surface area contributed by atoms with E-state index in [-0.39, 0.29) is 17.5 Å². The lowest BCUT2D eigenvalue weighted by Gasteiger charge is -2.21. The van der Waals surface area contributed by atoms with E-state index < -0.39 is 11.9 Å². The van der Waals surface area contributed by atoms with Crippen LogP contribution in [0.2, 0.25) is 0 Å². The number of nitrogens with zero attached hydrogens (tertiary/aromatic N) is 2. The monoisotopic (exact) mass is 388 g/mol. The summed E-state index contributed by atoms with van der Waals surface area (Å²) < 4.78 is 10.5. The van der Waals surface area contributed by atoms with Gasteiger partial charge in [0, 0.05) is 24.7 Å². The van der Waals surface area contributed by atoms with Crippen LogP contribution >= 0.6 is 0 Å². The van der Waals surface area contributed by atoms with Crippen LogP contribution in [-0.4, -0.2) is 62.2 Å². The maximum Gasteiger partial charge on any atom is 0.274 e. The molecule has 0 unspecified atom stereocenters. The van der Waals surface area contributed by atoms with Crippen molar-refractivity contribution in [2.24, 2.45) is 5.92 Å². The van der Waals surface area contributed by atoms with Crippen LogP contribution in [0.1, 0.15) is 24.3 Å². The van der Waals surface area contributed by atoms with Crippen LogP contribution in [-0.2, 0) is 4.79 Å². The molecule has 1 aromatic carbocycles. The third-order valence-electron chi connectivity index (χ3n) is 4.19. The van der Waals surface area contributed by atoms with Crippen molar-refractivity contribution in [3.05, 3.63) is 36.0 Å². The molecule has 8 heteroatoms. The third-order valence-corrected chi connectivity index (χ3v) is 4.19. The van der Waals surface area contributed by atoms with Gasteiger partial charge in [0.1, 0.15) is 11.8 Å². The molecular formula is C20H28N4O4. The fourth-order valence-corrected chi connectivity index (χ4v) is 2.56. The number of benzene rings is 1. The van der Waals surface area contributed by atoms with Gasteiger partial charge in [-0.05, 0) is 32.1 Å². The normalized spacial score (nSPS) is 12.1. The number of ether oxygens (including phenoxy) is 1. The van der Waals surface area contributed by atoms with E-state index in [0.717, 1.165) is 12.1 Å². The van der Waals surface area contributed by atoms with E-state index in [0.29, 0.717) is 18.1 Å². The highest BCUT2D eigenvalue weighted by atomic mass is 16.5. The van der Waals surface area contributed by atoms with E-state index in [1.807, 2.05) is 51.0 Å². The maximum absolute atomic E-state index is 12.6. The van der Waals surface area contributed by atoms with Gasteiger partial charge in [-0.25, -0.2) is 0 Å². The predicted molar refractivity (Wildman–Crippen MR) is 106 cm³/mol. The second-order valence-electron chi connectivity index (χ2n) is 7.10. The highest BCUT2D eigenvalue weighted by Gasteiger charge is 2.26. The van der Waals surface area contributed by atoms with E-state index in [1.54, 1.807) is 19.2 Å². The van der Waals surface area contributed by atoms with Crippen molar-refractivity contribution >= 4 is 11.8 Å². The number of hydrogen-bond acceptors (Lipinski definition) is 6. The summed E-state index contributed by atoms with van der Waals surface area (Å²) in [5.74, 6) is 0.365. The number of methoxy groups -OCH3 is 1. The van der Waals surface area contributed by atoms with Crippen molar-refractivity contribution in [3.63, 3.8) is 0 Å². The molecule has 1 aromatic heterocycles. The quantitative estimate of drug-likeness (QED) is 0.680. The second kappa shape index (κ2) is 9.89. The third kappa shape index (κ3) is 5.82. The van der Waals surface area contributed by atoms with Gasteiger partial charge >= 0.3 is 0 Å². The van der Waals surface area contributed by atoms with Crippen LogP contribution in [0.15, 0.2) is 34.9 Å². The van der Waals surface area contributed by atoms with Crippen LogP contribution in [0.5, 0.6) is 5.75 Å². The van der Waals surface area contributed by atoms with Crippen molar-refractivity contribution in [2.75, 3.05) is 34.3 Å². The van der Waals surface area contributed by atoms with Gasteiger partial charge in [-0.3, -0.25) is 9.59 Å². The molecule has 0 bridgehead atoms. The van der Waals surface area contributed by atoms with E-state index in [2.05, 4.69) is 15.8 Å². The minimum absolute atomic E-state index is 0.0759. The maximum atomic E-state index is 12.6. The first kappa shape index (κ1) is 21.4. The van der Waals surface area contributed by atoms with Crippen molar-refractivity contribution in [3.8, 4) is 17.1 Å². The van der Waals surface area contributed by atoms with Crippen molar-refractivity contribution < 1.29 is 18.8 Å². The molecule has 0 spiro atoms. The molecule has 2 N–H and O–H groups in total. The molecule has 1 heterocycles. The molecule has 1 atom stereocenters. The molecular weight excluding hydrogens is 360 g/mol. The number of carbonyl (C=O) groups excluding carboxylic acids is 2. The summed E-state index contributed by atoms with van der Waals surface area (Å²) in [7, 11) is 5.44. The van der Waals surface area contributed by atoms with E-state index >= 15 is 0 Å². The van der Waals surface area contributed by atoms with Crippen molar-refractivity contribution in [1.82, 2.24) is 20.7 Å². The smallest absolute Gasteiger partial charge is 0.274 e. The van der Waals surface area contributed by atoms with E-state index in [1.165, 1.54) is 0 Å². The SMILES string of the molecule is COc1cccc(-c2cc(C(=O)N[C@H](C(=O)NCCN(C)C)C(C)C)no2)c1. The number of rotatable bonds is 9. The molecule has 0 radical (unpaired) electrons. The molecule has 0 saturated carbocycles. The molecule has 28 heavy (non-hydrogen) atoms. The molecule has 8 nitrogen and oxygen atoms in total. The van der Waals surface area contributed by atoms with E-state index in [9.17, 15) is 9.59 Å². The zero-order chi connectivity index (χ0) is 20.7. The molecule has 2 aromatic rings. The number of likely N-dealkylation sites (N-methyl/N-ethyl adjacent to an activating group) is 1. The van der Waals surface area contributed by atoms with Gasteiger partial charge in [-0.1, -0.05) is 31.1 Å². The summed E-state index contributed by atoms with van der Waals surface area (Å²) in [4.78, 5) is 27.0. The summed E-state index contributed by atoms with van der Waals surface area (Å²) in [5, 5.41) is 9.43. The van der Waals surface area contributed by atoms with Gasteiger partial charge in [0.2, 0.25) is 5.91 Å². The Morgan fingerprint density at radius 3 is 2.64 bits per heavy atom. The van der Waals surface area contributed by atoms with Crippen LogP contribution in [0.3, 0.4) is 0 Å². The van der Waals surface area contributed by atoms with Gasteiger partial charge in [0.25, 0.3) is 5.91 Å². The van der Waals surface area contributed by atoms with Crippen LogP contribution in [0, 0.1) is 5.92 Å². The molecule has 0 aliphatic heterocycles. The summed E-state index contributed by atoms with van der Waals surface area (Å²) in [6, 6.07) is 8.15. The Bertz CT molecular complexity index is 801. The number of carbonyl (C=O) groups is 2. The Labute approximate surface area is 165 Å². The first-order valence-electron chi connectivity index (χ1n) is 9.16. The first-order chi connectivity index (χ1) is 13.3. The molecule has 0 aliphatic rings. The van der Waals surface area contributed by atoms with E-state index in [4.69, 9.17) is 9.26 Å². The van der Waals surface area contributed by atoms with Crippen LogP contribution in [0.25, 0.3) is 11.3 Å². The lowest BCUT2D eigenvalue weighted by molar-refractivity contribution is -0.123. The van der Waals surface area contributed by atoms with Crippen molar-refractivity contribution in [2.45, 2.75) is 19.9 Å². The average molecular weight is 388 g/mol. The fourth-order valence-electron chi connectivity index (χ4n) is 2.56. The summed E-state index contributed by atoms with van der Waals surface area (Å²) in [6.45, 7) is 4.98. The number of nitrogens with one attached hydrogen (secondary N) is 2. The Hall–Kier alpha value is -2.87. The molecule has 0 fully saturated rings. The lowest BCUT2D eigenvalue weighted by Crippen LogP contribution is -2.50. The van der Waals surface area contributed by atoms with Gasteiger partial charge in [-0.2, -0.15) is 0 Å². The Morgan fingerprint density at radius 2 is 2.00 bits per heavy atom. The number of aromatic nitrogens is 1. The Morgan fingerprint density at radius 1 is 1.25 bits per heavy atom. The number of hydrogen-bond donors (Lipinski definition) is 2. The minimum Gasteiger partial charge on any atom is -0.497 e. The standard InChI is InChI=1S/C20H28N4O4/c1-13(2)18(20(26)21-9-10-24(3)4)22-19(25)16-12-17(28-23-16)14-7-6-8-15(11-14)27-5/h6-8,11-13,18H,9-10H2,1-5H3,(H,21,26)(H,22,25)/t18-/m0/s1. The van der Waals surface area contributed by atoms with Gasteiger partial charge < -0.3 is 24.8 Å². The highest BCUT2D eigenvalue weighted by Crippen LogP contribution is 2.24. The summed E-state index contributed by atoms with van der Waals surface area (Å²) in [5.41, 5.74) is 0.859. The number of amides is 2. The zero-order valence-electron chi connectivity index (χ0n) is 17.0. The minimum atomic E-state index is -0.661. The largest absolute Gasteiger partial charge is 0.497 e. The molecule has 0 aliphatic carbocycles.